The molecule has 2 nitrogen and oxygen atoms in total. The minimum Gasteiger partial charge on any atom is -1.00 e. The van der Waals surface area contributed by atoms with Crippen molar-refractivity contribution in [3.05, 3.63) is 0 Å². The zero-order valence-corrected chi connectivity index (χ0v) is 10.9. The van der Waals surface area contributed by atoms with Gasteiger partial charge in [0.05, 0.1) is 0 Å². The van der Waals surface area contributed by atoms with Crippen molar-refractivity contribution in [1.29, 1.82) is 0 Å². The Labute approximate surface area is 105 Å². The van der Waals surface area contributed by atoms with Gasteiger partial charge in [-0.05, 0) is 0 Å². The van der Waals surface area contributed by atoms with Gasteiger partial charge < -0.3 is 54.5 Å². The summed E-state index contributed by atoms with van der Waals surface area (Å²) >= 11 is 0. The van der Waals surface area contributed by atoms with Crippen LogP contribution in [0.25, 0.3) is 0 Å². The van der Waals surface area contributed by atoms with Crippen LogP contribution in [0.3, 0.4) is 0 Å². The second-order valence-electron chi connectivity index (χ2n) is 1.07. The predicted octanol–water partition coefficient (Wildman–Crippen LogP) is -12.3. The Kier molecular flexibility index (Phi) is 131. The van der Waals surface area contributed by atoms with Crippen molar-refractivity contribution in [3.8, 4) is 0 Å². The standard InChI is InChI=1S/C3H7NO.4ClH.Zr/c1-4(2)3-5;;;;;/h3H,1-2H3;4*1H;/q;;;;;+4/p-4. The molecule has 0 unspecified atom stereocenters. The molecule has 7 heteroatoms. The minimum absolute atomic E-state index is 0. The van der Waals surface area contributed by atoms with E-state index in [1.54, 1.807) is 14.1 Å². The monoisotopic (exact) mass is 303 g/mol. The van der Waals surface area contributed by atoms with Crippen molar-refractivity contribution in [2.24, 2.45) is 0 Å². The number of carbonyl (C=O) groups excluding carboxylic acids is 1. The van der Waals surface area contributed by atoms with Crippen molar-refractivity contribution in [3.63, 3.8) is 0 Å². The van der Waals surface area contributed by atoms with Crippen LogP contribution in [0.4, 0.5) is 0 Å². The number of hydrogen-bond donors (Lipinski definition) is 0. The van der Waals surface area contributed by atoms with E-state index in [0.29, 0.717) is 0 Å². The van der Waals surface area contributed by atoms with E-state index < -0.39 is 0 Å². The average molecular weight is 306 g/mol. The summed E-state index contributed by atoms with van der Waals surface area (Å²) in [7, 11) is 3.38. The van der Waals surface area contributed by atoms with E-state index in [-0.39, 0.29) is 75.8 Å². The first-order chi connectivity index (χ1) is 2.27. The number of halogens is 4. The third-order valence-electron chi connectivity index (χ3n) is 0.211. The minimum atomic E-state index is 0. The van der Waals surface area contributed by atoms with Gasteiger partial charge in [-0.1, -0.05) is 0 Å². The fourth-order valence-electron chi connectivity index (χ4n) is 0. The summed E-state index contributed by atoms with van der Waals surface area (Å²) in [5.74, 6) is 0. The largest absolute Gasteiger partial charge is 4.00 e. The van der Waals surface area contributed by atoms with Crippen molar-refractivity contribution < 1.29 is 80.6 Å². The maximum atomic E-state index is 9.43. The SMILES string of the molecule is CN(C)C=O.[Cl-].[Cl-].[Cl-].[Cl-].[Zr+4]. The summed E-state index contributed by atoms with van der Waals surface area (Å²) in [5, 5.41) is 0. The van der Waals surface area contributed by atoms with Gasteiger partial charge in [0.15, 0.2) is 0 Å². The molecular formula is C3H7Cl4NOZr. The van der Waals surface area contributed by atoms with Crippen LogP contribution in [-0.4, -0.2) is 25.4 Å². The van der Waals surface area contributed by atoms with E-state index in [1.165, 1.54) is 4.90 Å². The van der Waals surface area contributed by atoms with Gasteiger partial charge in [0.2, 0.25) is 6.41 Å². The zero-order valence-electron chi connectivity index (χ0n) is 5.44. The molecule has 0 aliphatic heterocycles. The fraction of sp³-hybridized carbons (Fsp3) is 0.667. The second-order valence-corrected chi connectivity index (χ2v) is 1.07. The van der Waals surface area contributed by atoms with Gasteiger partial charge in [0.25, 0.3) is 0 Å². The first-order valence-corrected chi connectivity index (χ1v) is 1.39. The molecule has 0 rings (SSSR count). The molecule has 0 aliphatic carbocycles. The fourth-order valence-corrected chi connectivity index (χ4v) is 0. The third-order valence-corrected chi connectivity index (χ3v) is 0.211. The van der Waals surface area contributed by atoms with Crippen LogP contribution in [0.5, 0.6) is 0 Å². The average Bonchev–Trinajstić information content (AvgIpc) is 1.38. The number of carbonyl (C=O) groups is 1. The topological polar surface area (TPSA) is 20.3 Å². The molecule has 0 spiro atoms. The Morgan fingerprint density at radius 1 is 1.00 bits per heavy atom. The van der Waals surface area contributed by atoms with Gasteiger partial charge in [0.1, 0.15) is 0 Å². The summed E-state index contributed by atoms with van der Waals surface area (Å²) in [6.07, 6.45) is 0.750. The van der Waals surface area contributed by atoms with E-state index in [1.807, 2.05) is 0 Å². The molecule has 0 N–H and O–H groups in total. The summed E-state index contributed by atoms with van der Waals surface area (Å²) < 4.78 is 0. The number of rotatable bonds is 1. The van der Waals surface area contributed by atoms with Gasteiger partial charge in [-0.25, -0.2) is 0 Å². The Bertz CT molecular complexity index is 47.5. The first-order valence-electron chi connectivity index (χ1n) is 1.39. The van der Waals surface area contributed by atoms with Gasteiger partial charge in [-0.15, -0.1) is 0 Å². The number of nitrogens with zero attached hydrogens (tertiary/aromatic N) is 1. The summed E-state index contributed by atoms with van der Waals surface area (Å²) in [6.45, 7) is 0. The van der Waals surface area contributed by atoms with Gasteiger partial charge in [-0.2, -0.15) is 0 Å². The normalized spacial score (nSPS) is 3.40. The smallest absolute Gasteiger partial charge is 1.00 e. The van der Waals surface area contributed by atoms with E-state index in [2.05, 4.69) is 0 Å². The summed E-state index contributed by atoms with van der Waals surface area (Å²) in [6, 6.07) is 0. The van der Waals surface area contributed by atoms with Crippen molar-refractivity contribution in [2.45, 2.75) is 0 Å². The second kappa shape index (κ2) is 31.3. The van der Waals surface area contributed by atoms with E-state index in [9.17, 15) is 4.79 Å². The molecule has 0 heterocycles. The first kappa shape index (κ1) is 41.9. The molecule has 62 valence electrons. The van der Waals surface area contributed by atoms with Crippen LogP contribution >= 0.6 is 0 Å². The molecule has 0 saturated carbocycles. The molecule has 0 aromatic carbocycles. The van der Waals surface area contributed by atoms with Gasteiger partial charge in [0, 0.05) is 14.1 Å². The van der Waals surface area contributed by atoms with Crippen LogP contribution in [0.1, 0.15) is 0 Å². The molecule has 0 fully saturated rings. The quantitative estimate of drug-likeness (QED) is 0.441. The Hall–Kier alpha value is 1.51. The van der Waals surface area contributed by atoms with Crippen LogP contribution in [0.2, 0.25) is 0 Å². The Morgan fingerprint density at radius 2 is 1.10 bits per heavy atom. The van der Waals surface area contributed by atoms with E-state index >= 15 is 0 Å². The van der Waals surface area contributed by atoms with Crippen LogP contribution in [0, 0.1) is 0 Å². The summed E-state index contributed by atoms with van der Waals surface area (Å²) in [4.78, 5) is 10.9. The maximum Gasteiger partial charge on any atom is 4.00 e. The van der Waals surface area contributed by atoms with Crippen LogP contribution in [0.15, 0.2) is 0 Å². The van der Waals surface area contributed by atoms with Gasteiger partial charge >= 0.3 is 26.2 Å². The van der Waals surface area contributed by atoms with Crippen molar-refractivity contribution in [1.82, 2.24) is 4.90 Å². The molecule has 1 amide bonds. The molecule has 0 saturated heterocycles. The summed E-state index contributed by atoms with van der Waals surface area (Å²) in [5.41, 5.74) is 0. The van der Waals surface area contributed by atoms with Crippen LogP contribution in [-0.2, 0) is 31.0 Å². The Balaban J connectivity index is -0.00000000800. The predicted molar refractivity (Wildman–Crippen MR) is 19.8 cm³/mol. The van der Waals surface area contributed by atoms with Crippen LogP contribution < -0.4 is 49.6 Å². The molecular weight excluding hydrogens is 299 g/mol. The zero-order chi connectivity index (χ0) is 4.28. The molecule has 0 atom stereocenters. The molecule has 0 aromatic rings. The Morgan fingerprint density at radius 3 is 1.10 bits per heavy atom. The molecule has 0 aromatic heterocycles. The molecule has 0 radical (unpaired) electrons. The molecule has 10 heavy (non-hydrogen) atoms. The van der Waals surface area contributed by atoms with Crippen molar-refractivity contribution >= 4 is 6.41 Å². The van der Waals surface area contributed by atoms with Gasteiger partial charge in [-0.3, -0.25) is 4.79 Å². The maximum absolute atomic E-state index is 9.43. The van der Waals surface area contributed by atoms with Crippen molar-refractivity contribution in [2.75, 3.05) is 14.1 Å². The number of amides is 1. The van der Waals surface area contributed by atoms with E-state index in [4.69, 9.17) is 0 Å². The molecule has 0 bridgehead atoms. The van der Waals surface area contributed by atoms with E-state index in [0.717, 1.165) is 6.41 Å². The third kappa shape index (κ3) is 55.9. The number of hydrogen-bond acceptors (Lipinski definition) is 1. The molecule has 0 aliphatic rings.